The van der Waals surface area contributed by atoms with Crippen LogP contribution in [0.3, 0.4) is 0 Å². The first kappa shape index (κ1) is 13.2. The number of nitrogens with one attached hydrogen (secondary N) is 2. The second-order valence-corrected chi connectivity index (χ2v) is 3.83. The lowest BCUT2D eigenvalue weighted by atomic mass is 10.4. The van der Waals surface area contributed by atoms with Gasteiger partial charge in [0, 0.05) is 6.42 Å². The zero-order valence-electron chi connectivity index (χ0n) is 8.55. The van der Waals surface area contributed by atoms with Crippen molar-refractivity contribution in [3.05, 3.63) is 10.6 Å². The molecule has 9 heteroatoms. The van der Waals surface area contributed by atoms with Gasteiger partial charge in [-0.25, -0.2) is 4.98 Å². The van der Waals surface area contributed by atoms with Crippen molar-refractivity contribution in [3.8, 4) is 6.07 Å². The van der Waals surface area contributed by atoms with Gasteiger partial charge in [0.2, 0.25) is 11.0 Å². The van der Waals surface area contributed by atoms with Crippen molar-refractivity contribution in [1.29, 1.82) is 5.26 Å². The fraction of sp³-hybridized carbons (Fsp3) is 0.375. The smallest absolute Gasteiger partial charge is 0.273 e. The Balaban J connectivity index is 2.87. The number of halogens is 3. The molecule has 0 fully saturated rings. The van der Waals surface area contributed by atoms with Gasteiger partial charge in [0.25, 0.3) is 0 Å². The lowest BCUT2D eigenvalue weighted by molar-refractivity contribution is -0.140. The van der Waals surface area contributed by atoms with E-state index in [1.807, 2.05) is 0 Å². The van der Waals surface area contributed by atoms with Gasteiger partial charge in [-0.1, -0.05) is 18.3 Å². The quantitative estimate of drug-likeness (QED) is 0.817. The van der Waals surface area contributed by atoms with Crippen LogP contribution < -0.4 is 10.9 Å². The summed E-state index contributed by atoms with van der Waals surface area (Å²) in [6.07, 6.45) is -4.51. The van der Waals surface area contributed by atoms with Crippen molar-refractivity contribution in [2.75, 3.05) is 5.43 Å². The third kappa shape index (κ3) is 3.32. The van der Waals surface area contributed by atoms with Gasteiger partial charge in [0.05, 0.1) is 0 Å². The third-order valence-corrected chi connectivity index (χ3v) is 2.50. The second-order valence-electron chi connectivity index (χ2n) is 2.83. The van der Waals surface area contributed by atoms with Crippen LogP contribution in [0.4, 0.5) is 18.3 Å². The average molecular weight is 264 g/mol. The molecular formula is C8H7F3N4OS. The average Bonchev–Trinajstić information content (AvgIpc) is 2.68. The molecule has 0 aromatic carbocycles. The highest BCUT2D eigenvalue weighted by Crippen LogP contribution is 2.35. The summed E-state index contributed by atoms with van der Waals surface area (Å²) in [5, 5.41) is 8.34. The van der Waals surface area contributed by atoms with Crippen LogP contribution in [0.5, 0.6) is 0 Å². The van der Waals surface area contributed by atoms with Gasteiger partial charge in [-0.2, -0.15) is 18.4 Å². The Hall–Kier alpha value is -1.82. The lowest BCUT2D eigenvalue weighted by Crippen LogP contribution is -2.28. The molecule has 1 aromatic rings. The fourth-order valence-electron chi connectivity index (χ4n) is 0.853. The minimum absolute atomic E-state index is 0.176. The Morgan fingerprint density at radius 3 is 2.65 bits per heavy atom. The van der Waals surface area contributed by atoms with E-state index in [-0.39, 0.29) is 11.6 Å². The molecule has 5 nitrogen and oxygen atoms in total. The summed E-state index contributed by atoms with van der Waals surface area (Å²) < 4.78 is 37.2. The monoisotopic (exact) mass is 264 g/mol. The molecule has 1 heterocycles. The van der Waals surface area contributed by atoms with Gasteiger partial charge in [0.1, 0.15) is 10.9 Å². The minimum atomic E-state index is -4.68. The number of nitrogens with zero attached hydrogens (tertiary/aromatic N) is 2. The van der Waals surface area contributed by atoms with Crippen molar-refractivity contribution >= 4 is 22.4 Å². The molecule has 0 unspecified atom stereocenters. The molecule has 0 atom stereocenters. The Labute approximate surface area is 98.2 Å². The number of alkyl halides is 3. The summed E-state index contributed by atoms with van der Waals surface area (Å²) >= 11 is 0.521. The number of thiazole rings is 1. The predicted molar refractivity (Wildman–Crippen MR) is 53.9 cm³/mol. The zero-order chi connectivity index (χ0) is 13.1. The Morgan fingerprint density at radius 1 is 1.59 bits per heavy atom. The van der Waals surface area contributed by atoms with E-state index < -0.39 is 22.7 Å². The fourth-order valence-corrected chi connectivity index (χ4v) is 1.59. The highest BCUT2D eigenvalue weighted by Gasteiger charge is 2.37. The number of amides is 1. The number of carbonyl (C=O) groups is 1. The number of carbonyl (C=O) groups excluding carboxylic acids is 1. The maximum absolute atomic E-state index is 12.4. The number of hydrogen-bond acceptors (Lipinski definition) is 5. The van der Waals surface area contributed by atoms with Gasteiger partial charge >= 0.3 is 6.18 Å². The summed E-state index contributed by atoms with van der Waals surface area (Å²) in [5.74, 6) is -0.396. The van der Waals surface area contributed by atoms with Crippen LogP contribution in [0.15, 0.2) is 0 Å². The summed E-state index contributed by atoms with van der Waals surface area (Å²) in [5.41, 5.74) is 3.11. The number of rotatable bonds is 3. The van der Waals surface area contributed by atoms with Crippen LogP contribution in [0, 0.1) is 11.3 Å². The molecule has 0 aliphatic rings. The summed E-state index contributed by atoms with van der Waals surface area (Å²) in [6.45, 7) is 1.58. The molecule has 0 bridgehead atoms. The Kier molecular flexibility index (Phi) is 3.90. The molecule has 0 radical (unpaired) electrons. The van der Waals surface area contributed by atoms with Crippen LogP contribution in [0.1, 0.15) is 23.9 Å². The van der Waals surface area contributed by atoms with E-state index in [0.717, 1.165) is 0 Å². The van der Waals surface area contributed by atoms with E-state index in [1.54, 1.807) is 6.92 Å². The molecule has 1 aromatic heterocycles. The standard InChI is InChI=1S/C8H7F3N4OS/c1-2-5(16)14-15-7-13-6(8(9,10)11)4(3-12)17-7/h2H2,1H3,(H,13,15)(H,14,16). The number of aromatic nitrogens is 1. The first-order valence-corrected chi connectivity index (χ1v) is 5.23. The van der Waals surface area contributed by atoms with Crippen LogP contribution in [-0.4, -0.2) is 10.9 Å². The highest BCUT2D eigenvalue weighted by molar-refractivity contribution is 7.16. The van der Waals surface area contributed by atoms with Gasteiger partial charge < -0.3 is 0 Å². The zero-order valence-corrected chi connectivity index (χ0v) is 9.37. The van der Waals surface area contributed by atoms with Crippen molar-refractivity contribution in [2.45, 2.75) is 19.5 Å². The molecule has 1 rings (SSSR count). The van der Waals surface area contributed by atoms with Gasteiger partial charge in [-0.3, -0.25) is 15.6 Å². The normalized spacial score (nSPS) is 10.8. The molecule has 17 heavy (non-hydrogen) atoms. The van der Waals surface area contributed by atoms with E-state index >= 15 is 0 Å². The minimum Gasteiger partial charge on any atom is -0.273 e. The maximum Gasteiger partial charge on any atom is 0.435 e. The van der Waals surface area contributed by atoms with Crippen LogP contribution >= 0.6 is 11.3 Å². The predicted octanol–water partition coefficient (Wildman–Crippen LogP) is 1.89. The Morgan fingerprint density at radius 2 is 2.24 bits per heavy atom. The topological polar surface area (TPSA) is 77.8 Å². The number of hydrogen-bond donors (Lipinski definition) is 2. The van der Waals surface area contributed by atoms with E-state index in [4.69, 9.17) is 5.26 Å². The highest BCUT2D eigenvalue weighted by atomic mass is 32.1. The molecule has 1 amide bonds. The van der Waals surface area contributed by atoms with E-state index in [9.17, 15) is 18.0 Å². The molecule has 2 N–H and O–H groups in total. The molecule has 0 aliphatic heterocycles. The lowest BCUT2D eigenvalue weighted by Gasteiger charge is -2.03. The molecule has 0 saturated heterocycles. The van der Waals surface area contributed by atoms with E-state index in [1.165, 1.54) is 6.07 Å². The molecule has 0 spiro atoms. The summed E-state index contributed by atoms with van der Waals surface area (Å²) in [4.78, 5) is 13.5. The van der Waals surface area contributed by atoms with Crippen LogP contribution in [-0.2, 0) is 11.0 Å². The van der Waals surface area contributed by atoms with Gasteiger partial charge in [0.15, 0.2) is 5.69 Å². The molecule has 0 saturated carbocycles. The first-order valence-electron chi connectivity index (χ1n) is 4.41. The van der Waals surface area contributed by atoms with Crippen molar-refractivity contribution < 1.29 is 18.0 Å². The number of hydrazine groups is 1. The summed E-state index contributed by atoms with van der Waals surface area (Å²) in [7, 11) is 0. The van der Waals surface area contributed by atoms with Gasteiger partial charge in [-0.05, 0) is 0 Å². The van der Waals surface area contributed by atoms with Crippen molar-refractivity contribution in [2.24, 2.45) is 0 Å². The van der Waals surface area contributed by atoms with Crippen molar-refractivity contribution in [1.82, 2.24) is 10.4 Å². The Bertz CT molecular complexity index is 462. The van der Waals surface area contributed by atoms with Crippen LogP contribution in [0.2, 0.25) is 0 Å². The number of anilines is 1. The molecular weight excluding hydrogens is 257 g/mol. The van der Waals surface area contributed by atoms with E-state index in [0.29, 0.717) is 11.3 Å². The third-order valence-electron chi connectivity index (χ3n) is 1.63. The number of nitriles is 1. The molecule has 92 valence electrons. The van der Waals surface area contributed by atoms with Crippen molar-refractivity contribution in [3.63, 3.8) is 0 Å². The molecule has 0 aliphatic carbocycles. The van der Waals surface area contributed by atoms with E-state index in [2.05, 4.69) is 15.8 Å². The largest absolute Gasteiger partial charge is 0.435 e. The van der Waals surface area contributed by atoms with Gasteiger partial charge in [-0.15, -0.1) is 0 Å². The van der Waals surface area contributed by atoms with Crippen LogP contribution in [0.25, 0.3) is 0 Å². The summed E-state index contributed by atoms with van der Waals surface area (Å²) in [6, 6.07) is 1.41. The maximum atomic E-state index is 12.4. The first-order chi connectivity index (χ1) is 7.88. The second kappa shape index (κ2) is 5.01. The SMILES string of the molecule is CCC(=O)NNc1nc(C(F)(F)F)c(C#N)s1.